The molecule has 0 N–H and O–H groups in total. The number of hydrogen-bond acceptors (Lipinski definition) is 8. The van der Waals surface area contributed by atoms with Crippen molar-refractivity contribution in [3.63, 3.8) is 0 Å². The molecule has 0 aliphatic heterocycles. The highest BCUT2D eigenvalue weighted by Gasteiger charge is 2.34. The number of esters is 1. The van der Waals surface area contributed by atoms with E-state index in [1.807, 2.05) is 0 Å². The number of carbonyl (C=O) groups excluding carboxylic acids is 1. The molecule has 196 valence electrons. The van der Waals surface area contributed by atoms with Gasteiger partial charge >= 0.3 is 5.97 Å². The molecule has 0 atom stereocenters. The van der Waals surface area contributed by atoms with Crippen LogP contribution in [0.3, 0.4) is 0 Å². The first-order chi connectivity index (χ1) is 18.3. The van der Waals surface area contributed by atoms with E-state index in [-0.39, 0.29) is 45.7 Å². The molecule has 10 nitrogen and oxygen atoms in total. The minimum Gasteiger partial charge on any atom is -0.462 e. The molecular formula is C28H28N4O6. The summed E-state index contributed by atoms with van der Waals surface area (Å²) in [7, 11) is 0. The molecule has 38 heavy (non-hydrogen) atoms. The van der Waals surface area contributed by atoms with Crippen LogP contribution < -0.4 is 0 Å². The number of nitrogens with zero attached hydrogens (tertiary/aromatic N) is 4. The molecule has 0 unspecified atom stereocenters. The van der Waals surface area contributed by atoms with Gasteiger partial charge in [0.05, 0.1) is 22.0 Å². The third-order valence-electron chi connectivity index (χ3n) is 6.53. The zero-order valence-corrected chi connectivity index (χ0v) is 21.2. The van der Waals surface area contributed by atoms with Crippen LogP contribution in [-0.2, 0) is 4.74 Å². The fraction of sp³-hybridized carbons (Fsp3) is 0.393. The van der Waals surface area contributed by atoms with E-state index in [2.05, 4.69) is 6.92 Å². The maximum Gasteiger partial charge on any atom is 0.339 e. The molecule has 0 fully saturated rings. The Bertz CT molecular complexity index is 1350. The van der Waals surface area contributed by atoms with Gasteiger partial charge in [-0.15, -0.1) is 0 Å². The predicted molar refractivity (Wildman–Crippen MR) is 140 cm³/mol. The van der Waals surface area contributed by atoms with Gasteiger partial charge in [-0.25, -0.2) is 4.79 Å². The number of nitro benzene ring substituents is 2. The van der Waals surface area contributed by atoms with Gasteiger partial charge in [0, 0.05) is 35.4 Å². The molecule has 3 rings (SSSR count). The van der Waals surface area contributed by atoms with E-state index >= 15 is 0 Å². The topological polar surface area (TPSA) is 160 Å². The van der Waals surface area contributed by atoms with E-state index in [9.17, 15) is 35.5 Å². The van der Waals surface area contributed by atoms with Crippen molar-refractivity contribution in [3.05, 3.63) is 72.8 Å². The number of fused-ring (bicyclic) bond motifs is 3. The standard InChI is InChI=1S/C28H28N4O6/c1-2-3-4-5-6-7-8-9-10-13-38-28(33)25-16-21(32(36)37)15-24-26(19(17-29)18-30)23-14-20(31(34)35)11-12-22(23)27(24)25/h11-12,14-16H,2-10,13H2,1H3. The number of allylic oxidation sites excluding steroid dienone is 1. The predicted octanol–water partition coefficient (Wildman–Crippen LogP) is 7.02. The number of ether oxygens (including phenoxy) is 1. The van der Waals surface area contributed by atoms with Crippen molar-refractivity contribution in [2.45, 2.75) is 64.7 Å². The second-order valence-electron chi connectivity index (χ2n) is 9.10. The van der Waals surface area contributed by atoms with Gasteiger partial charge in [-0.3, -0.25) is 20.2 Å². The van der Waals surface area contributed by atoms with Crippen molar-refractivity contribution < 1.29 is 19.4 Å². The summed E-state index contributed by atoms with van der Waals surface area (Å²) in [6.07, 6.45) is 9.81. The highest BCUT2D eigenvalue weighted by atomic mass is 16.6. The number of non-ortho nitro benzene ring substituents is 2. The normalized spacial score (nSPS) is 11.2. The number of hydrogen-bond donors (Lipinski definition) is 0. The summed E-state index contributed by atoms with van der Waals surface area (Å²) >= 11 is 0. The van der Waals surface area contributed by atoms with Crippen molar-refractivity contribution in [1.29, 1.82) is 10.5 Å². The first-order valence-electron chi connectivity index (χ1n) is 12.7. The molecule has 2 aromatic rings. The van der Waals surface area contributed by atoms with Gasteiger partial charge in [-0.2, -0.15) is 10.5 Å². The summed E-state index contributed by atoms with van der Waals surface area (Å²) in [6.45, 7) is 2.32. The molecule has 2 aromatic carbocycles. The van der Waals surface area contributed by atoms with Crippen LogP contribution in [0.25, 0.3) is 16.7 Å². The molecule has 0 aromatic heterocycles. The largest absolute Gasteiger partial charge is 0.462 e. The van der Waals surface area contributed by atoms with Crippen LogP contribution in [0.1, 0.15) is 86.2 Å². The monoisotopic (exact) mass is 516 g/mol. The molecule has 0 heterocycles. The van der Waals surface area contributed by atoms with Gasteiger partial charge in [0.2, 0.25) is 0 Å². The van der Waals surface area contributed by atoms with Crippen molar-refractivity contribution in [2.24, 2.45) is 0 Å². The second kappa shape index (κ2) is 13.1. The number of rotatable bonds is 13. The summed E-state index contributed by atoms with van der Waals surface area (Å²) in [6, 6.07) is 9.63. The Labute approximate surface area is 220 Å². The molecule has 10 heteroatoms. The van der Waals surface area contributed by atoms with Crippen LogP contribution in [0.2, 0.25) is 0 Å². The van der Waals surface area contributed by atoms with Crippen molar-refractivity contribution in [1.82, 2.24) is 0 Å². The molecular weight excluding hydrogens is 488 g/mol. The number of benzene rings is 2. The highest BCUT2D eigenvalue weighted by molar-refractivity contribution is 6.11. The van der Waals surface area contributed by atoms with Crippen LogP contribution in [0.4, 0.5) is 11.4 Å². The average Bonchev–Trinajstić information content (AvgIpc) is 3.23. The summed E-state index contributed by atoms with van der Waals surface area (Å²) in [5.74, 6) is -0.773. The molecule has 1 aliphatic carbocycles. The Balaban J connectivity index is 1.88. The van der Waals surface area contributed by atoms with Crippen LogP contribution in [0, 0.1) is 42.9 Å². The van der Waals surface area contributed by atoms with Crippen LogP contribution >= 0.6 is 0 Å². The Morgan fingerprint density at radius 1 is 0.816 bits per heavy atom. The second-order valence-corrected chi connectivity index (χ2v) is 9.10. The number of carbonyl (C=O) groups is 1. The Hall–Kier alpha value is -4.57. The highest BCUT2D eigenvalue weighted by Crippen LogP contribution is 2.49. The maximum atomic E-state index is 13.1. The molecule has 0 bridgehead atoms. The number of nitro groups is 2. The fourth-order valence-corrected chi connectivity index (χ4v) is 4.66. The molecule has 0 saturated carbocycles. The van der Waals surface area contributed by atoms with Gasteiger partial charge in [0.25, 0.3) is 11.4 Å². The van der Waals surface area contributed by atoms with Crippen LogP contribution in [0.15, 0.2) is 35.9 Å². The summed E-state index contributed by atoms with van der Waals surface area (Å²) in [5, 5.41) is 42.1. The SMILES string of the molecule is CCCCCCCCCCCOC(=O)c1cc([N+](=O)[O-])cc2c1-c1ccc([N+](=O)[O-])cc1C2=C(C#N)C#N. The summed E-state index contributed by atoms with van der Waals surface area (Å²) in [5.41, 5.74) is -0.263. The maximum absolute atomic E-state index is 13.1. The van der Waals surface area contributed by atoms with Crippen molar-refractivity contribution >= 4 is 22.9 Å². The summed E-state index contributed by atoms with van der Waals surface area (Å²) < 4.78 is 5.46. The van der Waals surface area contributed by atoms with E-state index in [0.717, 1.165) is 25.3 Å². The lowest BCUT2D eigenvalue weighted by atomic mass is 9.96. The lowest BCUT2D eigenvalue weighted by Crippen LogP contribution is -2.09. The van der Waals surface area contributed by atoms with E-state index in [0.29, 0.717) is 12.0 Å². The Kier molecular flexibility index (Phi) is 9.66. The smallest absolute Gasteiger partial charge is 0.339 e. The fourth-order valence-electron chi connectivity index (χ4n) is 4.66. The first-order valence-corrected chi connectivity index (χ1v) is 12.7. The lowest BCUT2D eigenvalue weighted by molar-refractivity contribution is -0.385. The van der Waals surface area contributed by atoms with E-state index in [4.69, 9.17) is 4.74 Å². The van der Waals surface area contributed by atoms with Crippen LogP contribution in [0.5, 0.6) is 0 Å². The first kappa shape index (κ1) is 28.0. The molecule has 0 spiro atoms. The van der Waals surface area contributed by atoms with E-state index in [1.54, 1.807) is 12.1 Å². The van der Waals surface area contributed by atoms with E-state index < -0.39 is 21.5 Å². The van der Waals surface area contributed by atoms with Gasteiger partial charge < -0.3 is 4.74 Å². The zero-order chi connectivity index (χ0) is 27.7. The third-order valence-corrected chi connectivity index (χ3v) is 6.53. The lowest BCUT2D eigenvalue weighted by Gasteiger charge is -2.10. The quantitative estimate of drug-likeness (QED) is 0.0769. The molecule has 0 saturated heterocycles. The molecule has 0 amide bonds. The van der Waals surface area contributed by atoms with E-state index in [1.165, 1.54) is 56.4 Å². The Morgan fingerprint density at radius 3 is 1.97 bits per heavy atom. The minimum absolute atomic E-state index is 0.0142. The third kappa shape index (κ3) is 6.22. The molecule has 0 radical (unpaired) electrons. The van der Waals surface area contributed by atoms with Gasteiger partial charge in [0.1, 0.15) is 17.7 Å². The molecule has 1 aliphatic rings. The minimum atomic E-state index is -0.773. The summed E-state index contributed by atoms with van der Waals surface area (Å²) in [4.78, 5) is 34.9. The van der Waals surface area contributed by atoms with Gasteiger partial charge in [0.15, 0.2) is 0 Å². The zero-order valence-electron chi connectivity index (χ0n) is 21.2. The van der Waals surface area contributed by atoms with Crippen LogP contribution in [-0.4, -0.2) is 22.4 Å². The number of nitriles is 2. The Morgan fingerprint density at radius 2 is 1.39 bits per heavy atom. The van der Waals surface area contributed by atoms with Gasteiger partial charge in [-0.05, 0) is 29.2 Å². The van der Waals surface area contributed by atoms with Gasteiger partial charge in [-0.1, -0.05) is 58.3 Å². The number of unbranched alkanes of at least 4 members (excludes halogenated alkanes) is 8. The van der Waals surface area contributed by atoms with Crippen molar-refractivity contribution in [2.75, 3.05) is 6.61 Å². The average molecular weight is 517 g/mol. The van der Waals surface area contributed by atoms with Crippen molar-refractivity contribution in [3.8, 4) is 23.3 Å².